The van der Waals surface area contributed by atoms with Gasteiger partial charge < -0.3 is 15.0 Å². The molecule has 1 aliphatic carbocycles. The molecule has 5 atom stereocenters. The summed E-state index contributed by atoms with van der Waals surface area (Å²) in [4.78, 5) is 26.8. The first kappa shape index (κ1) is 17.1. The summed E-state index contributed by atoms with van der Waals surface area (Å²) in [6.07, 6.45) is 4.02. The maximum atomic E-state index is 13.1. The van der Waals surface area contributed by atoms with E-state index in [0.717, 1.165) is 19.3 Å². The van der Waals surface area contributed by atoms with Crippen LogP contribution in [0.5, 0.6) is 0 Å². The Labute approximate surface area is 135 Å². The molecule has 2 fully saturated rings. The van der Waals surface area contributed by atoms with Crippen LogP contribution in [0.25, 0.3) is 0 Å². The molecule has 2 amide bonds. The van der Waals surface area contributed by atoms with Gasteiger partial charge >= 0.3 is 6.09 Å². The second-order valence-corrected chi connectivity index (χ2v) is 7.21. The topological polar surface area (TPSA) is 58.6 Å². The quantitative estimate of drug-likeness (QED) is 0.849. The largest absolute Gasteiger partial charge is 0.453 e. The lowest BCUT2D eigenvalue weighted by Gasteiger charge is -2.41. The van der Waals surface area contributed by atoms with Gasteiger partial charge in [-0.1, -0.05) is 34.1 Å². The van der Waals surface area contributed by atoms with Crippen molar-refractivity contribution >= 4 is 12.0 Å². The van der Waals surface area contributed by atoms with Crippen LogP contribution in [0.2, 0.25) is 0 Å². The van der Waals surface area contributed by atoms with E-state index in [1.165, 1.54) is 13.5 Å². The lowest BCUT2D eigenvalue weighted by Crippen LogP contribution is -2.57. The highest BCUT2D eigenvalue weighted by atomic mass is 16.5. The molecule has 1 N–H and O–H groups in total. The number of likely N-dealkylation sites (tertiary alicyclic amines) is 1. The molecule has 1 aliphatic heterocycles. The van der Waals surface area contributed by atoms with E-state index in [-0.39, 0.29) is 13.3 Å². The van der Waals surface area contributed by atoms with Gasteiger partial charge in [0.05, 0.1) is 7.11 Å². The van der Waals surface area contributed by atoms with Crippen molar-refractivity contribution in [2.24, 2.45) is 17.8 Å². The molecule has 0 aromatic heterocycles. The van der Waals surface area contributed by atoms with Gasteiger partial charge in [-0.15, -0.1) is 0 Å². The predicted octanol–water partition coefficient (Wildman–Crippen LogP) is 3.04. The van der Waals surface area contributed by atoms with Crippen LogP contribution in [0.3, 0.4) is 0 Å². The maximum absolute atomic E-state index is 13.1. The molecule has 2 aliphatic rings. The monoisotopic (exact) mass is 312 g/mol. The van der Waals surface area contributed by atoms with Crippen LogP contribution < -0.4 is 5.32 Å². The van der Waals surface area contributed by atoms with Crippen LogP contribution in [-0.4, -0.2) is 42.1 Å². The summed E-state index contributed by atoms with van der Waals surface area (Å²) >= 11 is 0. The van der Waals surface area contributed by atoms with E-state index < -0.39 is 12.1 Å². The molecule has 128 valence electrons. The Bertz CT molecular complexity index is 430. The molecule has 1 saturated carbocycles. The number of rotatable bonds is 5. The number of hydrogen-bond donors (Lipinski definition) is 1. The highest BCUT2D eigenvalue weighted by Gasteiger charge is 2.51. The van der Waals surface area contributed by atoms with E-state index in [1.807, 2.05) is 13.8 Å². The minimum atomic E-state index is -0.531. The van der Waals surface area contributed by atoms with Crippen LogP contribution in [0.1, 0.15) is 54.8 Å². The van der Waals surface area contributed by atoms with Crippen LogP contribution in [0, 0.1) is 17.8 Å². The first-order valence-electron chi connectivity index (χ1n) is 8.57. The fraction of sp³-hybridized carbons (Fsp3) is 0.882. The number of hydrogen-bond acceptors (Lipinski definition) is 3. The number of piperidine rings is 1. The standard InChI is InChI=1S/C17H30N2O3.H2/c1-6-11(4)15-12-7-8-13(9-12)19(15)16(20)14(10(2)3)18-17(21)22-5;/h10-15H,6-9H2,1-5H3,(H,18,21);1H/t11?,12?,13?,14-,15+;/m0./s1. The highest BCUT2D eigenvalue weighted by Crippen LogP contribution is 2.46. The Morgan fingerprint density at radius 1 is 1.32 bits per heavy atom. The Morgan fingerprint density at radius 3 is 2.55 bits per heavy atom. The highest BCUT2D eigenvalue weighted by molar-refractivity contribution is 5.86. The van der Waals surface area contributed by atoms with Crippen molar-refractivity contribution in [2.45, 2.75) is 71.5 Å². The van der Waals surface area contributed by atoms with Crippen molar-refractivity contribution in [3.8, 4) is 0 Å². The van der Waals surface area contributed by atoms with Gasteiger partial charge in [-0.25, -0.2) is 4.79 Å². The molecule has 22 heavy (non-hydrogen) atoms. The molecule has 1 heterocycles. The number of nitrogens with one attached hydrogen (secondary N) is 1. The van der Waals surface area contributed by atoms with Crippen molar-refractivity contribution in [3.63, 3.8) is 0 Å². The Balaban J connectivity index is 0.00000264. The zero-order valence-electron chi connectivity index (χ0n) is 14.5. The molecule has 0 aromatic rings. The van der Waals surface area contributed by atoms with E-state index in [4.69, 9.17) is 0 Å². The van der Waals surface area contributed by atoms with Crippen molar-refractivity contribution in [1.29, 1.82) is 0 Å². The van der Waals surface area contributed by atoms with Gasteiger partial charge in [0.1, 0.15) is 6.04 Å². The molecule has 5 nitrogen and oxygen atoms in total. The smallest absolute Gasteiger partial charge is 0.407 e. The third-order valence-electron chi connectivity index (χ3n) is 5.52. The van der Waals surface area contributed by atoms with Gasteiger partial charge in [-0.2, -0.15) is 0 Å². The van der Waals surface area contributed by atoms with Crippen molar-refractivity contribution < 1.29 is 15.8 Å². The molecule has 2 bridgehead atoms. The average Bonchev–Trinajstić information content (AvgIpc) is 3.11. The average molecular weight is 312 g/mol. The third kappa shape index (κ3) is 3.08. The van der Waals surface area contributed by atoms with E-state index in [0.29, 0.717) is 23.9 Å². The van der Waals surface area contributed by atoms with Crippen LogP contribution in [-0.2, 0) is 9.53 Å². The molecule has 1 saturated heterocycles. The molecule has 2 rings (SSSR count). The number of carbonyl (C=O) groups excluding carboxylic acids is 2. The van der Waals surface area contributed by atoms with Crippen LogP contribution in [0.15, 0.2) is 0 Å². The number of nitrogens with zero attached hydrogens (tertiary/aromatic N) is 1. The summed E-state index contributed by atoms with van der Waals surface area (Å²) in [5.74, 6) is 1.25. The Kier molecular flexibility index (Phi) is 5.35. The molecular weight excluding hydrogens is 280 g/mol. The zero-order valence-corrected chi connectivity index (χ0v) is 14.5. The lowest BCUT2D eigenvalue weighted by molar-refractivity contribution is -0.140. The van der Waals surface area contributed by atoms with Gasteiger partial charge in [-0.05, 0) is 37.0 Å². The molecule has 0 spiro atoms. The van der Waals surface area contributed by atoms with Crippen molar-refractivity contribution in [1.82, 2.24) is 10.2 Å². The number of ether oxygens (including phenoxy) is 1. The van der Waals surface area contributed by atoms with E-state index in [2.05, 4.69) is 28.8 Å². The third-order valence-corrected chi connectivity index (χ3v) is 5.52. The molecule has 0 aromatic carbocycles. The lowest BCUT2D eigenvalue weighted by atomic mass is 9.86. The number of fused-ring (bicyclic) bond motifs is 2. The fourth-order valence-corrected chi connectivity index (χ4v) is 4.19. The summed E-state index contributed by atoms with van der Waals surface area (Å²) < 4.78 is 4.68. The minimum absolute atomic E-state index is 0. The Morgan fingerprint density at radius 2 is 2.00 bits per heavy atom. The Hall–Kier alpha value is -1.26. The summed E-state index contributed by atoms with van der Waals surface area (Å²) in [5.41, 5.74) is 0. The van der Waals surface area contributed by atoms with Gasteiger partial charge in [0.25, 0.3) is 0 Å². The molecule has 0 radical (unpaired) electrons. The number of methoxy groups -OCH3 is 1. The minimum Gasteiger partial charge on any atom is -0.453 e. The number of alkyl carbamates (subject to hydrolysis) is 1. The first-order valence-corrected chi connectivity index (χ1v) is 8.57. The number of amides is 2. The van der Waals surface area contributed by atoms with Gasteiger partial charge in [-0.3, -0.25) is 4.79 Å². The summed E-state index contributed by atoms with van der Waals surface area (Å²) in [6, 6.07) is 0.187. The normalized spacial score (nSPS) is 29.5. The van der Waals surface area contributed by atoms with Crippen molar-refractivity contribution in [3.05, 3.63) is 0 Å². The van der Waals surface area contributed by atoms with Gasteiger partial charge in [0, 0.05) is 13.5 Å². The second kappa shape index (κ2) is 6.88. The summed E-state index contributed by atoms with van der Waals surface area (Å²) in [5, 5.41) is 2.73. The fourth-order valence-electron chi connectivity index (χ4n) is 4.19. The predicted molar refractivity (Wildman–Crippen MR) is 87.5 cm³/mol. The SMILES string of the molecule is CCC(C)[C@@H]1C2CCC(C2)N1C(=O)[C@@H](NC(=O)OC)C(C)C.[HH]. The van der Waals surface area contributed by atoms with E-state index in [9.17, 15) is 9.59 Å². The molecular formula is C17H32N2O3. The van der Waals surface area contributed by atoms with Gasteiger partial charge in [0.15, 0.2) is 0 Å². The van der Waals surface area contributed by atoms with Gasteiger partial charge in [0.2, 0.25) is 5.91 Å². The van der Waals surface area contributed by atoms with Crippen LogP contribution in [0.4, 0.5) is 4.79 Å². The number of carbonyl (C=O) groups is 2. The maximum Gasteiger partial charge on any atom is 0.407 e. The molecule has 3 unspecified atom stereocenters. The van der Waals surface area contributed by atoms with E-state index >= 15 is 0 Å². The first-order chi connectivity index (χ1) is 10.4. The van der Waals surface area contributed by atoms with Crippen molar-refractivity contribution in [2.75, 3.05) is 7.11 Å². The molecule has 5 heteroatoms. The summed E-state index contributed by atoms with van der Waals surface area (Å²) in [6.45, 7) is 8.35. The van der Waals surface area contributed by atoms with Crippen LogP contribution >= 0.6 is 0 Å². The summed E-state index contributed by atoms with van der Waals surface area (Å²) in [7, 11) is 1.33. The zero-order chi connectivity index (χ0) is 16.4. The second-order valence-electron chi connectivity index (χ2n) is 7.21. The van der Waals surface area contributed by atoms with E-state index in [1.54, 1.807) is 0 Å².